The second kappa shape index (κ2) is 10.8. The number of nitrogens with two attached hydrogens (primary N) is 1. The summed E-state index contributed by atoms with van der Waals surface area (Å²) in [6, 6.07) is 12.3. The van der Waals surface area contributed by atoms with Gasteiger partial charge in [-0.15, -0.1) is 13.2 Å². The Balaban J connectivity index is 1.30. The number of halogens is 3. The van der Waals surface area contributed by atoms with Crippen LogP contribution in [0.4, 0.5) is 30.6 Å². The van der Waals surface area contributed by atoms with Gasteiger partial charge in [-0.2, -0.15) is 0 Å². The van der Waals surface area contributed by atoms with Crippen LogP contribution in [0.25, 0.3) is 11.3 Å². The van der Waals surface area contributed by atoms with E-state index in [-0.39, 0.29) is 29.4 Å². The lowest BCUT2D eigenvalue weighted by Crippen LogP contribution is -2.63. The van der Waals surface area contributed by atoms with Crippen LogP contribution in [0.1, 0.15) is 38.5 Å². The van der Waals surface area contributed by atoms with E-state index in [0.717, 1.165) is 57.3 Å². The first-order valence-corrected chi connectivity index (χ1v) is 13.0. The highest BCUT2D eigenvalue weighted by molar-refractivity contribution is 5.60. The summed E-state index contributed by atoms with van der Waals surface area (Å²) in [6.07, 6.45) is 2.25. The number of hydrogen-bond donors (Lipinski definition) is 2. The minimum absolute atomic E-state index is 0.0593. The smallest absolute Gasteiger partial charge is 0.424 e. The average Bonchev–Trinajstić information content (AvgIpc) is 3.38. The lowest BCUT2D eigenvalue weighted by Gasteiger charge is -2.50. The zero-order valence-electron chi connectivity index (χ0n) is 21.2. The molecule has 2 fully saturated rings. The summed E-state index contributed by atoms with van der Waals surface area (Å²) in [5, 5.41) is 14.4. The Bertz CT molecular complexity index is 1300. The Morgan fingerprint density at radius 3 is 2.69 bits per heavy atom. The number of nitro groups is 1. The molecule has 1 aromatic heterocycles. The molecule has 12 heteroatoms. The van der Waals surface area contributed by atoms with Crippen molar-refractivity contribution in [3.05, 3.63) is 64.8 Å². The number of rotatable bonds is 7. The van der Waals surface area contributed by atoms with Crippen molar-refractivity contribution in [2.75, 3.05) is 23.3 Å². The van der Waals surface area contributed by atoms with Gasteiger partial charge in [-0.05, 0) is 55.9 Å². The van der Waals surface area contributed by atoms with Crippen molar-refractivity contribution in [2.45, 2.75) is 56.5 Å². The average molecular weight is 546 g/mol. The van der Waals surface area contributed by atoms with E-state index in [2.05, 4.69) is 19.9 Å². The third kappa shape index (κ3) is 6.11. The second-order valence-corrected chi connectivity index (χ2v) is 10.2. The van der Waals surface area contributed by atoms with Crippen LogP contribution in [0.3, 0.4) is 0 Å². The summed E-state index contributed by atoms with van der Waals surface area (Å²) in [7, 11) is 0. The summed E-state index contributed by atoms with van der Waals surface area (Å²) in [6.45, 7) is 1.58. The molecule has 1 aliphatic heterocycles. The van der Waals surface area contributed by atoms with E-state index >= 15 is 0 Å². The third-order valence-electron chi connectivity index (χ3n) is 7.76. The zero-order chi connectivity index (χ0) is 27.6. The quantitative estimate of drug-likeness (QED) is 0.269. The van der Waals surface area contributed by atoms with Crippen LogP contribution in [0.5, 0.6) is 5.75 Å². The molecule has 2 heterocycles. The van der Waals surface area contributed by atoms with E-state index in [1.165, 1.54) is 36.5 Å². The Kier molecular flexibility index (Phi) is 7.39. The van der Waals surface area contributed by atoms with Gasteiger partial charge in [0.2, 0.25) is 0 Å². The van der Waals surface area contributed by atoms with Crippen molar-refractivity contribution in [1.29, 1.82) is 0 Å². The van der Waals surface area contributed by atoms with E-state index in [0.29, 0.717) is 11.3 Å². The predicted molar refractivity (Wildman–Crippen MR) is 139 cm³/mol. The van der Waals surface area contributed by atoms with Gasteiger partial charge in [0.25, 0.3) is 11.7 Å². The first-order valence-electron chi connectivity index (χ1n) is 13.0. The monoisotopic (exact) mass is 545 g/mol. The summed E-state index contributed by atoms with van der Waals surface area (Å²) in [5.41, 5.74) is 8.02. The fraction of sp³-hybridized carbons (Fsp3) is 0.444. The molecule has 3 N–H and O–H groups in total. The van der Waals surface area contributed by atoms with Gasteiger partial charge in [0.15, 0.2) is 5.76 Å². The summed E-state index contributed by atoms with van der Waals surface area (Å²) in [4.78, 5) is 17.2. The molecule has 3 atom stereocenters. The van der Waals surface area contributed by atoms with Crippen LogP contribution in [0.2, 0.25) is 0 Å². The van der Waals surface area contributed by atoms with Crippen molar-refractivity contribution in [3.8, 4) is 17.1 Å². The summed E-state index contributed by atoms with van der Waals surface area (Å²) >= 11 is 0. The van der Waals surface area contributed by atoms with Gasteiger partial charge in [0.05, 0.1) is 11.1 Å². The van der Waals surface area contributed by atoms with Gasteiger partial charge in [0.1, 0.15) is 5.75 Å². The molecule has 5 rings (SSSR count). The molecule has 0 spiro atoms. The molecule has 2 unspecified atom stereocenters. The Morgan fingerprint density at radius 1 is 1.15 bits per heavy atom. The molecule has 1 saturated heterocycles. The highest BCUT2D eigenvalue weighted by Gasteiger charge is 2.45. The first-order chi connectivity index (χ1) is 18.6. The standard InChI is InChI=1S/C27H30F3N5O4/c28-27(29,30)39-22-7-3-5-18(15-22)23-16-32-25(38-23)33-24-8-1-2-13-26(24,31)19-6-4-14-34(17-19)20-9-11-21(12-10-20)35(36)37/h3,5,7,9-12,15-16,19,24H,1-2,4,6,8,13-14,17,31H2,(H,32,33)/t19-,24?,26?/m0/s1. The van der Waals surface area contributed by atoms with Crippen molar-refractivity contribution < 1.29 is 27.2 Å². The van der Waals surface area contributed by atoms with Crippen LogP contribution in [0.15, 0.2) is 59.1 Å². The van der Waals surface area contributed by atoms with Crippen molar-refractivity contribution in [3.63, 3.8) is 0 Å². The number of nitrogens with one attached hydrogen (secondary N) is 1. The largest absolute Gasteiger partial charge is 0.573 e. The van der Waals surface area contributed by atoms with E-state index in [4.69, 9.17) is 10.2 Å². The van der Waals surface area contributed by atoms with Crippen LogP contribution < -0.4 is 20.7 Å². The van der Waals surface area contributed by atoms with E-state index in [9.17, 15) is 23.3 Å². The highest BCUT2D eigenvalue weighted by atomic mass is 19.4. The number of oxazole rings is 1. The van der Waals surface area contributed by atoms with Gasteiger partial charge in [-0.25, -0.2) is 4.98 Å². The van der Waals surface area contributed by atoms with Crippen molar-refractivity contribution in [1.82, 2.24) is 4.98 Å². The second-order valence-electron chi connectivity index (χ2n) is 10.2. The Morgan fingerprint density at radius 2 is 1.95 bits per heavy atom. The van der Waals surface area contributed by atoms with Gasteiger partial charge in [-0.1, -0.05) is 25.0 Å². The number of anilines is 2. The molecule has 0 bridgehead atoms. The number of benzene rings is 2. The van der Waals surface area contributed by atoms with Gasteiger partial charge >= 0.3 is 6.36 Å². The van der Waals surface area contributed by atoms with Crippen LogP contribution in [-0.4, -0.2) is 40.9 Å². The molecular weight excluding hydrogens is 515 g/mol. The minimum Gasteiger partial charge on any atom is -0.424 e. The summed E-state index contributed by atoms with van der Waals surface area (Å²) in [5.74, 6) is 0.143. The van der Waals surface area contributed by atoms with Gasteiger partial charge in [0, 0.05) is 48.1 Å². The summed E-state index contributed by atoms with van der Waals surface area (Å²) < 4.78 is 47.8. The predicted octanol–water partition coefficient (Wildman–Crippen LogP) is 6.12. The SMILES string of the molecule is NC1([C@H]2CCCN(c3ccc([N+](=O)[O-])cc3)C2)CCCCC1Nc1ncc(-c2cccc(OC(F)(F)F)c2)o1. The first kappa shape index (κ1) is 26.8. The maximum atomic E-state index is 12.6. The lowest BCUT2D eigenvalue weighted by molar-refractivity contribution is -0.384. The molecule has 0 amide bonds. The lowest BCUT2D eigenvalue weighted by atomic mass is 9.67. The fourth-order valence-corrected chi connectivity index (χ4v) is 5.82. The maximum Gasteiger partial charge on any atom is 0.573 e. The molecule has 208 valence electrons. The topological polar surface area (TPSA) is 120 Å². The van der Waals surface area contributed by atoms with E-state index in [1.54, 1.807) is 18.2 Å². The molecule has 2 aromatic carbocycles. The number of alkyl halides is 3. The molecule has 3 aromatic rings. The highest BCUT2D eigenvalue weighted by Crippen LogP contribution is 2.40. The molecule has 2 aliphatic rings. The molecule has 0 radical (unpaired) electrons. The normalized spacial score (nSPS) is 23.8. The minimum atomic E-state index is -4.79. The van der Waals surface area contributed by atoms with Crippen LogP contribution in [-0.2, 0) is 0 Å². The number of ether oxygens (including phenoxy) is 1. The van der Waals surface area contributed by atoms with Crippen molar-refractivity contribution >= 4 is 17.4 Å². The third-order valence-corrected chi connectivity index (χ3v) is 7.76. The zero-order valence-corrected chi connectivity index (χ0v) is 21.2. The van der Waals surface area contributed by atoms with E-state index in [1.807, 2.05) is 0 Å². The molecular formula is C27H30F3N5O4. The number of hydrogen-bond acceptors (Lipinski definition) is 8. The number of nitro benzene ring substituents is 1. The number of non-ortho nitro benzene ring substituents is 1. The van der Waals surface area contributed by atoms with Crippen LogP contribution in [0, 0.1) is 16.0 Å². The molecule has 9 nitrogen and oxygen atoms in total. The Labute approximate surface area is 223 Å². The fourth-order valence-electron chi connectivity index (χ4n) is 5.82. The number of nitrogens with zero attached hydrogens (tertiary/aromatic N) is 3. The molecule has 39 heavy (non-hydrogen) atoms. The number of aromatic nitrogens is 1. The van der Waals surface area contributed by atoms with E-state index < -0.39 is 16.8 Å². The number of piperidine rings is 1. The maximum absolute atomic E-state index is 12.6. The van der Waals surface area contributed by atoms with Crippen molar-refractivity contribution in [2.24, 2.45) is 11.7 Å². The van der Waals surface area contributed by atoms with Crippen LogP contribution >= 0.6 is 0 Å². The van der Waals surface area contributed by atoms with Gasteiger partial charge < -0.3 is 25.1 Å². The van der Waals surface area contributed by atoms with Gasteiger partial charge in [-0.3, -0.25) is 10.1 Å². The Hall–Kier alpha value is -3.80. The molecule has 1 aliphatic carbocycles. The molecule has 1 saturated carbocycles.